The summed E-state index contributed by atoms with van der Waals surface area (Å²) in [6.45, 7) is 2.09. The molecule has 12 aromatic rings. The van der Waals surface area contributed by atoms with Gasteiger partial charge in [0.05, 0.1) is 80.0 Å². The van der Waals surface area contributed by atoms with Gasteiger partial charge in [0, 0.05) is 39.5 Å². The molecule has 0 radical (unpaired) electrons. The number of aromatic nitrogens is 3. The number of aryl methyl sites for hydroxylation is 1. The number of pyridine rings is 1. The van der Waals surface area contributed by atoms with E-state index < -0.39 is 0 Å². The molecule has 0 amide bonds. The molecule has 12 rings (SSSR count). The second kappa shape index (κ2) is 17.1. The summed E-state index contributed by atoms with van der Waals surface area (Å²) in [5.74, 6) is 0. The number of rotatable bonds is 7. The van der Waals surface area contributed by atoms with E-state index in [0.717, 1.165) is 111 Å². The average molecular weight is 904 g/mol. The van der Waals surface area contributed by atoms with Gasteiger partial charge in [0.1, 0.15) is 0 Å². The molecule has 0 unspecified atom stereocenters. The molecule has 0 bridgehead atoms. The molecule has 7 nitrogen and oxygen atoms in total. The molecule has 7 heteroatoms. The molecule has 0 aliphatic rings. The topological polar surface area (TPSA) is 118 Å². The van der Waals surface area contributed by atoms with Crippen LogP contribution in [0.4, 0.5) is 0 Å². The first-order valence-corrected chi connectivity index (χ1v) is 23.1. The van der Waals surface area contributed by atoms with Crippen molar-refractivity contribution in [3.05, 3.63) is 234 Å². The summed E-state index contributed by atoms with van der Waals surface area (Å²) < 4.78 is 4.60. The number of benzene rings is 9. The second-order valence-corrected chi connectivity index (χ2v) is 17.8. The fourth-order valence-corrected chi connectivity index (χ4v) is 10.1. The molecule has 0 saturated heterocycles. The maximum absolute atomic E-state index is 11.2. The van der Waals surface area contributed by atoms with Crippen LogP contribution in [0.3, 0.4) is 0 Å². The normalized spacial score (nSPS) is 11.1. The van der Waals surface area contributed by atoms with E-state index in [-0.39, 0.29) is 0 Å². The molecule has 71 heavy (non-hydrogen) atoms. The Bertz CT molecular complexity index is 4170. The molecule has 328 valence electrons. The van der Waals surface area contributed by atoms with Gasteiger partial charge in [-0.05, 0) is 142 Å². The molecule has 3 heterocycles. The van der Waals surface area contributed by atoms with E-state index in [4.69, 9.17) is 0 Å². The number of hydrogen-bond donors (Lipinski definition) is 0. The van der Waals surface area contributed by atoms with Crippen LogP contribution < -0.4 is 0 Å². The zero-order chi connectivity index (χ0) is 48.2. The molecular formula is C64H37N7. The molecule has 0 N–H and O–H groups in total. The largest absolute Gasteiger partial charge is 0.308 e. The zero-order valence-corrected chi connectivity index (χ0v) is 38.3. The van der Waals surface area contributed by atoms with Crippen LogP contribution in [0, 0.1) is 52.2 Å². The molecular weight excluding hydrogens is 867 g/mol. The Morgan fingerprint density at radius 3 is 0.915 bits per heavy atom. The van der Waals surface area contributed by atoms with Crippen LogP contribution in [-0.2, 0) is 0 Å². The van der Waals surface area contributed by atoms with Gasteiger partial charge in [0.25, 0.3) is 0 Å². The molecule has 0 spiro atoms. The molecule has 0 saturated carbocycles. The minimum absolute atomic E-state index is 0.474. The monoisotopic (exact) mass is 903 g/mol. The Morgan fingerprint density at radius 2 is 0.606 bits per heavy atom. The SMILES string of the molecule is Cc1ccc(-c2ccc3c4ccc(-c5ccc(C#N)cc5)cc4n(-c4cc(C#N)cc(-n5c6cc(-c7ccc(C#N)cc7)ccc6c6ccc(-c7ccc(C#N)cc7)cc65)c4-c4ccncc4)c3c2)cc1. The van der Waals surface area contributed by atoms with Gasteiger partial charge in [-0.2, -0.15) is 21.0 Å². The van der Waals surface area contributed by atoms with Crippen LogP contribution in [-0.4, -0.2) is 14.1 Å². The minimum Gasteiger partial charge on any atom is -0.308 e. The van der Waals surface area contributed by atoms with Gasteiger partial charge in [0.15, 0.2) is 0 Å². The highest BCUT2D eigenvalue weighted by Crippen LogP contribution is 2.45. The molecule has 0 aliphatic heterocycles. The highest BCUT2D eigenvalue weighted by molar-refractivity contribution is 6.14. The van der Waals surface area contributed by atoms with E-state index in [1.165, 1.54) is 5.56 Å². The highest BCUT2D eigenvalue weighted by atomic mass is 15.0. The van der Waals surface area contributed by atoms with Gasteiger partial charge in [0.2, 0.25) is 0 Å². The zero-order valence-electron chi connectivity index (χ0n) is 38.3. The summed E-state index contributed by atoms with van der Waals surface area (Å²) in [5, 5.41) is 44.2. The van der Waals surface area contributed by atoms with Crippen molar-refractivity contribution >= 4 is 43.6 Å². The first kappa shape index (κ1) is 42.1. The third-order valence-corrected chi connectivity index (χ3v) is 13.6. The van der Waals surface area contributed by atoms with Crippen LogP contribution in [0.25, 0.3) is 111 Å². The van der Waals surface area contributed by atoms with Gasteiger partial charge >= 0.3 is 0 Å². The fourth-order valence-electron chi connectivity index (χ4n) is 10.1. The lowest BCUT2D eigenvalue weighted by atomic mass is 9.98. The Hall–Kier alpha value is -10.3. The van der Waals surface area contributed by atoms with Crippen molar-refractivity contribution in [2.24, 2.45) is 0 Å². The Morgan fingerprint density at radius 1 is 0.310 bits per heavy atom. The lowest BCUT2D eigenvalue weighted by molar-refractivity contribution is 1.13. The fraction of sp³-hybridized carbons (Fsp3) is 0.0156. The summed E-state index contributed by atoms with van der Waals surface area (Å²) in [5.41, 5.74) is 18.6. The maximum Gasteiger partial charge on any atom is 0.0993 e. The van der Waals surface area contributed by atoms with Gasteiger partial charge < -0.3 is 9.13 Å². The van der Waals surface area contributed by atoms with Crippen molar-refractivity contribution in [1.29, 1.82) is 21.0 Å². The lowest BCUT2D eigenvalue weighted by Gasteiger charge is -2.21. The van der Waals surface area contributed by atoms with Crippen molar-refractivity contribution in [1.82, 2.24) is 14.1 Å². The molecule has 0 aliphatic carbocycles. The van der Waals surface area contributed by atoms with Crippen molar-refractivity contribution in [2.45, 2.75) is 6.92 Å². The number of nitrogens with zero attached hydrogens (tertiary/aromatic N) is 7. The number of fused-ring (bicyclic) bond motifs is 6. The molecule has 3 aromatic heterocycles. The lowest BCUT2D eigenvalue weighted by Crippen LogP contribution is -2.05. The van der Waals surface area contributed by atoms with E-state index in [9.17, 15) is 21.0 Å². The first-order chi connectivity index (χ1) is 34.9. The summed E-state index contributed by atoms with van der Waals surface area (Å²) >= 11 is 0. The second-order valence-electron chi connectivity index (χ2n) is 17.8. The van der Waals surface area contributed by atoms with Crippen LogP contribution in [0.5, 0.6) is 0 Å². The van der Waals surface area contributed by atoms with E-state index >= 15 is 0 Å². The standard InChI is InChI=1S/C64H37N7/c1-40-2-10-45(11-3-40)50-18-22-54-55-23-19-51(46-12-4-41(36-65)5-13-46)33-59(55)70(58(54)32-50)62-30-44(39-68)31-63(64(62)49-26-28-69-29-27-49)71-60-34-52(47-14-6-42(37-66)7-15-47)20-24-56(60)57-25-21-53(35-61(57)71)48-16-8-43(38-67)9-17-48/h2-35H,1H3. The quantitative estimate of drug-likeness (QED) is 0.158. The van der Waals surface area contributed by atoms with Gasteiger partial charge in [-0.15, -0.1) is 0 Å². The first-order valence-electron chi connectivity index (χ1n) is 23.1. The Labute approximate surface area is 409 Å². The van der Waals surface area contributed by atoms with Crippen LogP contribution in [0.15, 0.2) is 207 Å². The predicted octanol–water partition coefficient (Wildman–Crippen LogP) is 15.4. The Balaban J connectivity index is 1.22. The molecule has 9 aromatic carbocycles. The van der Waals surface area contributed by atoms with Crippen LogP contribution in [0.2, 0.25) is 0 Å². The summed E-state index contributed by atoms with van der Waals surface area (Å²) in [6, 6.07) is 75.0. The minimum atomic E-state index is 0.474. The third kappa shape index (κ3) is 7.24. The van der Waals surface area contributed by atoms with Gasteiger partial charge in [-0.1, -0.05) is 115 Å². The average Bonchev–Trinajstić information content (AvgIpc) is 3.94. The third-order valence-electron chi connectivity index (χ3n) is 13.6. The number of nitriles is 4. The van der Waals surface area contributed by atoms with Crippen LogP contribution >= 0.6 is 0 Å². The molecule has 0 fully saturated rings. The van der Waals surface area contributed by atoms with E-state index in [0.29, 0.717) is 22.3 Å². The summed E-state index contributed by atoms with van der Waals surface area (Å²) in [6.07, 6.45) is 3.62. The van der Waals surface area contributed by atoms with Crippen molar-refractivity contribution in [3.8, 4) is 91.3 Å². The van der Waals surface area contributed by atoms with E-state index in [1.807, 2.05) is 109 Å². The predicted molar refractivity (Wildman–Crippen MR) is 284 cm³/mol. The van der Waals surface area contributed by atoms with E-state index in [2.05, 4.69) is 142 Å². The summed E-state index contributed by atoms with van der Waals surface area (Å²) in [7, 11) is 0. The van der Waals surface area contributed by atoms with Gasteiger partial charge in [-0.3, -0.25) is 4.98 Å². The Kier molecular flexibility index (Phi) is 10.1. The van der Waals surface area contributed by atoms with E-state index in [1.54, 1.807) is 0 Å². The van der Waals surface area contributed by atoms with Gasteiger partial charge in [-0.25, -0.2) is 0 Å². The molecule has 0 atom stereocenters. The highest BCUT2D eigenvalue weighted by Gasteiger charge is 2.25. The smallest absolute Gasteiger partial charge is 0.0993 e. The van der Waals surface area contributed by atoms with Crippen molar-refractivity contribution in [3.63, 3.8) is 0 Å². The van der Waals surface area contributed by atoms with Crippen LogP contribution in [0.1, 0.15) is 27.8 Å². The number of hydrogen-bond acceptors (Lipinski definition) is 5. The maximum atomic E-state index is 11.2. The van der Waals surface area contributed by atoms with Crippen molar-refractivity contribution in [2.75, 3.05) is 0 Å². The summed E-state index contributed by atoms with van der Waals surface area (Å²) in [4.78, 5) is 4.49. The van der Waals surface area contributed by atoms with Crippen molar-refractivity contribution < 1.29 is 0 Å².